The first-order valence-corrected chi connectivity index (χ1v) is 7.40. The second kappa shape index (κ2) is 7.07. The Morgan fingerprint density at radius 1 is 1.05 bits per heavy atom. The number of carbonyl (C=O) groups excluding carboxylic acids is 1. The molecule has 21 heavy (non-hydrogen) atoms. The van der Waals surface area contributed by atoms with Gasteiger partial charge >= 0.3 is 0 Å². The molecule has 0 radical (unpaired) electrons. The maximum Gasteiger partial charge on any atom is 0.166 e. The summed E-state index contributed by atoms with van der Waals surface area (Å²) in [6.07, 6.45) is 0.937. The van der Waals surface area contributed by atoms with E-state index in [2.05, 4.69) is 19.1 Å². The van der Waals surface area contributed by atoms with Gasteiger partial charge in [-0.15, -0.1) is 0 Å². The molecule has 2 aromatic rings. The number of ether oxygens (including phenoxy) is 1. The Labute approximate surface area is 126 Å². The predicted octanol–water partition coefficient (Wildman–Crippen LogP) is 4.71. The fourth-order valence-corrected chi connectivity index (χ4v) is 2.78. The first-order chi connectivity index (χ1) is 10.2. The van der Waals surface area contributed by atoms with E-state index in [0.717, 1.165) is 17.7 Å². The molecular weight excluding hydrogens is 260 g/mol. The average Bonchev–Trinajstić information content (AvgIpc) is 2.56. The van der Waals surface area contributed by atoms with Crippen LogP contribution < -0.4 is 4.74 Å². The zero-order chi connectivity index (χ0) is 15.2. The van der Waals surface area contributed by atoms with Crippen LogP contribution >= 0.6 is 0 Å². The van der Waals surface area contributed by atoms with E-state index in [-0.39, 0.29) is 17.6 Å². The third-order valence-corrected chi connectivity index (χ3v) is 4.06. The van der Waals surface area contributed by atoms with Crippen molar-refractivity contribution in [1.82, 2.24) is 0 Å². The summed E-state index contributed by atoms with van der Waals surface area (Å²) < 4.78 is 5.19. The largest absolute Gasteiger partial charge is 0.497 e. The van der Waals surface area contributed by atoms with E-state index in [9.17, 15) is 4.79 Å². The number of Topliss-reactive ketones (excluding diaryl/α,β-unsaturated/α-hetero) is 1. The summed E-state index contributed by atoms with van der Waals surface area (Å²) in [5, 5.41) is 0. The van der Waals surface area contributed by atoms with Gasteiger partial charge in [-0.2, -0.15) is 0 Å². The van der Waals surface area contributed by atoms with Gasteiger partial charge in [0, 0.05) is 11.5 Å². The molecule has 0 bridgehead atoms. The standard InChI is InChI=1S/C19H22O2/c1-4-18(15-10-12-17(21-3)13-11-15)14(2)19(20)16-8-6-5-7-9-16/h5-14,18H,4H2,1-3H3/t14-,18+/m1/s1. The highest BCUT2D eigenvalue weighted by Gasteiger charge is 2.24. The minimum atomic E-state index is -0.0363. The van der Waals surface area contributed by atoms with Crippen molar-refractivity contribution in [2.45, 2.75) is 26.2 Å². The van der Waals surface area contributed by atoms with Crippen molar-refractivity contribution in [2.75, 3.05) is 7.11 Å². The van der Waals surface area contributed by atoms with E-state index >= 15 is 0 Å². The molecule has 0 aliphatic heterocycles. The van der Waals surface area contributed by atoms with Gasteiger partial charge in [-0.3, -0.25) is 4.79 Å². The molecule has 0 amide bonds. The van der Waals surface area contributed by atoms with E-state index in [1.54, 1.807) is 7.11 Å². The van der Waals surface area contributed by atoms with Crippen LogP contribution in [0.3, 0.4) is 0 Å². The number of benzene rings is 2. The van der Waals surface area contributed by atoms with Gasteiger partial charge in [0.2, 0.25) is 0 Å². The zero-order valence-corrected chi connectivity index (χ0v) is 12.9. The minimum absolute atomic E-state index is 0.0363. The van der Waals surface area contributed by atoms with Gasteiger partial charge in [-0.25, -0.2) is 0 Å². The maximum absolute atomic E-state index is 12.6. The number of ketones is 1. The predicted molar refractivity (Wildman–Crippen MR) is 86.0 cm³/mol. The highest BCUT2D eigenvalue weighted by atomic mass is 16.5. The van der Waals surface area contributed by atoms with Gasteiger partial charge in [-0.05, 0) is 30.0 Å². The Morgan fingerprint density at radius 2 is 1.67 bits per heavy atom. The fraction of sp³-hybridized carbons (Fsp3) is 0.316. The van der Waals surface area contributed by atoms with Crippen LogP contribution in [0.25, 0.3) is 0 Å². The van der Waals surface area contributed by atoms with Crippen LogP contribution in [-0.4, -0.2) is 12.9 Å². The molecule has 2 nitrogen and oxygen atoms in total. The van der Waals surface area contributed by atoms with Crippen LogP contribution in [0.5, 0.6) is 5.75 Å². The minimum Gasteiger partial charge on any atom is -0.497 e. The third-order valence-electron chi connectivity index (χ3n) is 4.06. The van der Waals surface area contributed by atoms with Crippen LogP contribution in [0.4, 0.5) is 0 Å². The number of hydrogen-bond donors (Lipinski definition) is 0. The Bertz CT molecular complexity index is 572. The lowest BCUT2D eigenvalue weighted by Gasteiger charge is -2.22. The summed E-state index contributed by atoms with van der Waals surface area (Å²) in [6, 6.07) is 17.6. The first kappa shape index (κ1) is 15.3. The lowest BCUT2D eigenvalue weighted by atomic mass is 9.81. The Kier molecular flexibility index (Phi) is 5.15. The molecule has 0 fully saturated rings. The molecule has 0 aromatic heterocycles. The monoisotopic (exact) mass is 282 g/mol. The van der Waals surface area contributed by atoms with Crippen molar-refractivity contribution < 1.29 is 9.53 Å². The van der Waals surface area contributed by atoms with Crippen molar-refractivity contribution in [2.24, 2.45) is 5.92 Å². The summed E-state index contributed by atoms with van der Waals surface area (Å²) in [6.45, 7) is 4.15. The van der Waals surface area contributed by atoms with E-state index < -0.39 is 0 Å². The summed E-state index contributed by atoms with van der Waals surface area (Å²) in [4.78, 5) is 12.6. The highest BCUT2D eigenvalue weighted by Crippen LogP contribution is 2.31. The molecule has 0 saturated carbocycles. The van der Waals surface area contributed by atoms with Crippen LogP contribution in [0.1, 0.15) is 42.1 Å². The van der Waals surface area contributed by atoms with E-state index in [0.29, 0.717) is 0 Å². The fourth-order valence-electron chi connectivity index (χ4n) is 2.78. The van der Waals surface area contributed by atoms with Gasteiger partial charge < -0.3 is 4.74 Å². The topological polar surface area (TPSA) is 26.3 Å². The number of methoxy groups -OCH3 is 1. The second-order valence-corrected chi connectivity index (χ2v) is 5.31. The molecule has 2 rings (SSSR count). The van der Waals surface area contributed by atoms with Crippen molar-refractivity contribution in [3.05, 3.63) is 65.7 Å². The quantitative estimate of drug-likeness (QED) is 0.717. The van der Waals surface area contributed by atoms with Crippen LogP contribution in [0, 0.1) is 5.92 Å². The summed E-state index contributed by atoms with van der Waals surface area (Å²) in [7, 11) is 1.66. The van der Waals surface area contributed by atoms with Gasteiger partial charge in [-0.1, -0.05) is 56.3 Å². The van der Waals surface area contributed by atoms with E-state index in [1.807, 2.05) is 49.4 Å². The molecular formula is C19H22O2. The van der Waals surface area contributed by atoms with Crippen LogP contribution in [-0.2, 0) is 0 Å². The van der Waals surface area contributed by atoms with Crippen LogP contribution in [0.15, 0.2) is 54.6 Å². The molecule has 2 atom stereocenters. The second-order valence-electron chi connectivity index (χ2n) is 5.31. The van der Waals surface area contributed by atoms with Crippen LogP contribution in [0.2, 0.25) is 0 Å². The normalized spacial score (nSPS) is 13.5. The molecule has 0 spiro atoms. The van der Waals surface area contributed by atoms with Crippen molar-refractivity contribution in [3.8, 4) is 5.75 Å². The van der Waals surface area contributed by atoms with Crippen molar-refractivity contribution >= 4 is 5.78 Å². The average molecular weight is 282 g/mol. The smallest absolute Gasteiger partial charge is 0.166 e. The molecule has 2 aromatic carbocycles. The molecule has 0 N–H and O–H groups in total. The number of rotatable bonds is 6. The van der Waals surface area contributed by atoms with Gasteiger partial charge in [0.15, 0.2) is 5.78 Å². The number of hydrogen-bond acceptors (Lipinski definition) is 2. The first-order valence-electron chi connectivity index (χ1n) is 7.40. The molecule has 0 unspecified atom stereocenters. The van der Waals surface area contributed by atoms with Gasteiger partial charge in [0.1, 0.15) is 5.75 Å². The highest BCUT2D eigenvalue weighted by molar-refractivity contribution is 5.98. The Morgan fingerprint density at radius 3 is 2.19 bits per heavy atom. The maximum atomic E-state index is 12.6. The number of carbonyl (C=O) groups is 1. The molecule has 2 heteroatoms. The van der Waals surface area contributed by atoms with Crippen molar-refractivity contribution in [1.29, 1.82) is 0 Å². The molecule has 0 saturated heterocycles. The SMILES string of the molecule is CC[C@H](c1ccc(OC)cc1)[C@@H](C)C(=O)c1ccccc1. The van der Waals surface area contributed by atoms with Gasteiger partial charge in [0.25, 0.3) is 0 Å². The van der Waals surface area contributed by atoms with E-state index in [4.69, 9.17) is 4.74 Å². The zero-order valence-electron chi connectivity index (χ0n) is 12.9. The van der Waals surface area contributed by atoms with E-state index in [1.165, 1.54) is 5.56 Å². The van der Waals surface area contributed by atoms with Crippen molar-refractivity contribution in [3.63, 3.8) is 0 Å². The summed E-state index contributed by atoms with van der Waals surface area (Å²) >= 11 is 0. The van der Waals surface area contributed by atoms with Gasteiger partial charge in [0.05, 0.1) is 7.11 Å². The lowest BCUT2D eigenvalue weighted by molar-refractivity contribution is 0.0910. The Hall–Kier alpha value is -2.09. The Balaban J connectivity index is 2.21. The third kappa shape index (κ3) is 3.52. The molecule has 110 valence electrons. The molecule has 0 heterocycles. The molecule has 0 aliphatic carbocycles. The summed E-state index contributed by atoms with van der Waals surface area (Å²) in [5.41, 5.74) is 1.98. The molecule has 0 aliphatic rings. The lowest BCUT2D eigenvalue weighted by Crippen LogP contribution is -2.19. The summed E-state index contributed by atoms with van der Waals surface area (Å²) in [5.74, 6) is 1.24.